The Labute approximate surface area is 72.3 Å². The number of rotatable bonds is 1. The van der Waals surface area contributed by atoms with Crippen LogP contribution in [0.25, 0.3) is 5.73 Å². The van der Waals surface area contributed by atoms with Crippen LogP contribution in [0.5, 0.6) is 0 Å². The molecule has 0 unspecified atom stereocenters. The molecule has 0 heterocycles. The zero-order valence-corrected chi connectivity index (χ0v) is 6.95. The van der Waals surface area contributed by atoms with Crippen molar-refractivity contribution in [2.45, 2.75) is 0 Å². The topological polar surface area (TPSA) is 49.8 Å². The Hall–Kier alpha value is 1.44. The van der Waals surface area contributed by atoms with Crippen molar-refractivity contribution in [1.29, 1.82) is 0 Å². The number of nitrogens with one attached hydrogen (secondary N) is 1. The molecule has 2 nitrogen and oxygen atoms in total. The summed E-state index contributed by atoms with van der Waals surface area (Å²) in [4.78, 5) is 0. The van der Waals surface area contributed by atoms with Crippen LogP contribution in [0, 0.1) is 0 Å². The molecule has 0 aliphatic carbocycles. The van der Waals surface area contributed by atoms with Gasteiger partial charge >= 0.3 is 29.6 Å². The fourth-order valence-electron chi connectivity index (χ4n) is 0. The molecule has 0 aromatic carbocycles. The number of hydrogen-bond donors (Lipinski definition) is 1. The van der Waals surface area contributed by atoms with Gasteiger partial charge in [-0.25, -0.2) is 0 Å². The molecule has 0 aliphatic rings. The summed E-state index contributed by atoms with van der Waals surface area (Å²) in [6.07, 6.45) is 0. The van der Waals surface area contributed by atoms with E-state index in [0.717, 1.165) is 0 Å². The van der Waals surface area contributed by atoms with Crippen LogP contribution in [0.1, 0.15) is 1.43 Å². The first-order chi connectivity index (χ1) is 1.91. The Morgan fingerprint density at radius 3 is 1.83 bits per heavy atom. The fraction of sp³-hybridized carbons (Fsp3) is 1.00. The average molecular weight is 139 g/mol. The normalized spacial score (nSPS) is 5.00. The van der Waals surface area contributed by atoms with Gasteiger partial charge in [0.25, 0.3) is 0 Å². The summed E-state index contributed by atoms with van der Waals surface area (Å²) in [5, 5.41) is 0. The summed E-state index contributed by atoms with van der Waals surface area (Å²) in [5.41, 5.74) is 11.2. The average Bonchev–Trinajstić information content (AvgIpc) is 1.37. The van der Waals surface area contributed by atoms with Crippen molar-refractivity contribution in [3.63, 3.8) is 0 Å². The largest absolute Gasteiger partial charge is 1.00 e. The molecular weight excluding hydrogens is 131 g/mol. The first-order valence-electron chi connectivity index (χ1n) is 1.26. The van der Waals surface area contributed by atoms with E-state index >= 15 is 0 Å². The quantitative estimate of drug-likeness (QED) is 0.389. The predicted octanol–water partition coefficient (Wildman–Crippen LogP) is -2.89. The SMILES string of the molecule is [Fe].[H-].[NH-]CCN.[Na+]. The summed E-state index contributed by atoms with van der Waals surface area (Å²) >= 11 is 0. The molecule has 0 saturated heterocycles. The Balaban J connectivity index is -0.0000000150. The van der Waals surface area contributed by atoms with Gasteiger partial charge in [0.2, 0.25) is 0 Å². The van der Waals surface area contributed by atoms with Gasteiger partial charge in [0.05, 0.1) is 0 Å². The second-order valence-electron chi connectivity index (χ2n) is 0.539. The molecule has 0 amide bonds. The van der Waals surface area contributed by atoms with E-state index < -0.39 is 0 Å². The fourth-order valence-corrected chi connectivity index (χ4v) is 0. The molecule has 0 fully saturated rings. The zero-order chi connectivity index (χ0) is 3.41. The molecule has 3 N–H and O–H groups in total. The van der Waals surface area contributed by atoms with Crippen LogP contribution in [-0.2, 0) is 17.1 Å². The van der Waals surface area contributed by atoms with Gasteiger partial charge < -0.3 is 12.9 Å². The molecule has 0 aromatic rings. The third kappa shape index (κ3) is 18.0. The summed E-state index contributed by atoms with van der Waals surface area (Å²) < 4.78 is 0. The second-order valence-corrected chi connectivity index (χ2v) is 0.539. The first-order valence-corrected chi connectivity index (χ1v) is 1.26. The standard InChI is InChI=1S/C2H7N2.Fe.Na.H/c3-1-2-4;;;/h3H,1-2,4H2;;;/q-1;;+1;-1. The molecule has 0 aliphatic heterocycles. The summed E-state index contributed by atoms with van der Waals surface area (Å²) in [6.45, 7) is 0.833. The monoisotopic (exact) mass is 139 g/mol. The Morgan fingerprint density at radius 1 is 1.67 bits per heavy atom. The van der Waals surface area contributed by atoms with Crippen molar-refractivity contribution < 1.29 is 48.1 Å². The zero-order valence-electron chi connectivity index (χ0n) is 4.85. The molecule has 0 radical (unpaired) electrons. The van der Waals surface area contributed by atoms with Crippen LogP contribution in [0.15, 0.2) is 0 Å². The van der Waals surface area contributed by atoms with Gasteiger partial charge in [-0.2, -0.15) is 0 Å². The maximum atomic E-state index is 6.33. The Kier molecular flexibility index (Phi) is 42.0. The summed E-state index contributed by atoms with van der Waals surface area (Å²) in [6, 6.07) is 0. The van der Waals surface area contributed by atoms with Gasteiger partial charge in [0, 0.05) is 17.1 Å². The van der Waals surface area contributed by atoms with E-state index in [0.29, 0.717) is 13.1 Å². The van der Waals surface area contributed by atoms with Gasteiger partial charge in [0.1, 0.15) is 0 Å². The van der Waals surface area contributed by atoms with Crippen LogP contribution in [0.3, 0.4) is 0 Å². The Bertz CT molecular complexity index is 17.7. The van der Waals surface area contributed by atoms with E-state index in [-0.39, 0.29) is 48.1 Å². The van der Waals surface area contributed by atoms with E-state index in [9.17, 15) is 0 Å². The van der Waals surface area contributed by atoms with E-state index in [1.54, 1.807) is 0 Å². The maximum absolute atomic E-state index is 6.33. The van der Waals surface area contributed by atoms with Crippen LogP contribution in [-0.4, -0.2) is 13.1 Å². The minimum atomic E-state index is 0. The van der Waals surface area contributed by atoms with Crippen LogP contribution >= 0.6 is 0 Å². The van der Waals surface area contributed by atoms with Crippen molar-refractivity contribution in [2.24, 2.45) is 5.73 Å². The predicted molar refractivity (Wildman–Crippen MR) is 19.4 cm³/mol. The summed E-state index contributed by atoms with van der Waals surface area (Å²) in [5.74, 6) is 0. The first kappa shape index (κ1) is 15.7. The third-order valence-electron chi connectivity index (χ3n) is 0.144. The molecule has 0 bridgehead atoms. The smallest absolute Gasteiger partial charge is 1.00 e. The van der Waals surface area contributed by atoms with Gasteiger partial charge in [-0.3, -0.25) is 0 Å². The van der Waals surface area contributed by atoms with Gasteiger partial charge in [-0.15, -0.1) is 6.54 Å². The maximum Gasteiger partial charge on any atom is 1.00 e. The van der Waals surface area contributed by atoms with Gasteiger partial charge in [-0.05, 0) is 6.54 Å². The number of hydrogen-bond acceptors (Lipinski definition) is 1. The number of nitrogens with two attached hydrogens (primary N) is 1. The van der Waals surface area contributed by atoms with E-state index in [1.165, 1.54) is 0 Å². The second kappa shape index (κ2) is 16.1. The van der Waals surface area contributed by atoms with E-state index in [4.69, 9.17) is 11.5 Å². The molecule has 36 valence electrons. The third-order valence-corrected chi connectivity index (χ3v) is 0.144. The summed E-state index contributed by atoms with van der Waals surface area (Å²) in [7, 11) is 0. The van der Waals surface area contributed by atoms with Gasteiger partial charge in [0.15, 0.2) is 0 Å². The van der Waals surface area contributed by atoms with Crippen LogP contribution in [0.4, 0.5) is 0 Å². The molecular formula is C2H8FeN2Na-. The molecule has 0 aromatic heterocycles. The van der Waals surface area contributed by atoms with E-state index in [1.807, 2.05) is 0 Å². The molecule has 6 heavy (non-hydrogen) atoms. The van der Waals surface area contributed by atoms with Crippen molar-refractivity contribution in [2.75, 3.05) is 13.1 Å². The van der Waals surface area contributed by atoms with Crippen LogP contribution < -0.4 is 35.3 Å². The van der Waals surface area contributed by atoms with Crippen molar-refractivity contribution in [1.82, 2.24) is 0 Å². The van der Waals surface area contributed by atoms with Crippen molar-refractivity contribution >= 4 is 0 Å². The molecule has 4 heteroatoms. The molecule has 0 atom stereocenters. The van der Waals surface area contributed by atoms with Gasteiger partial charge in [-0.1, -0.05) is 0 Å². The molecule has 0 spiro atoms. The van der Waals surface area contributed by atoms with E-state index in [2.05, 4.69) is 0 Å². The minimum Gasteiger partial charge on any atom is -1.00 e. The van der Waals surface area contributed by atoms with Crippen molar-refractivity contribution in [3.8, 4) is 0 Å². The minimum absolute atomic E-state index is 0. The molecule has 0 rings (SSSR count). The molecule has 0 saturated carbocycles. The van der Waals surface area contributed by atoms with Crippen molar-refractivity contribution in [3.05, 3.63) is 5.73 Å². The van der Waals surface area contributed by atoms with Crippen LogP contribution in [0.2, 0.25) is 0 Å². The Morgan fingerprint density at radius 2 is 1.83 bits per heavy atom.